The Morgan fingerprint density at radius 2 is 1.96 bits per heavy atom. The molecule has 26 heavy (non-hydrogen) atoms. The standard InChI is InChI=1S/C17H20N2O5S2/c20-14-9-16-15(23-11-24-16)8-12(14)10-19-5-3-13(4-6-19)18-26(21,22)17-2-1-7-25-17/h1-2,7-9,13,18,20H,3-6,10-11H2. The summed E-state index contributed by atoms with van der Waals surface area (Å²) in [6, 6.07) is 6.68. The van der Waals surface area contributed by atoms with E-state index in [2.05, 4.69) is 9.62 Å². The Labute approximate surface area is 156 Å². The van der Waals surface area contributed by atoms with Crippen LogP contribution < -0.4 is 14.2 Å². The van der Waals surface area contributed by atoms with E-state index in [1.165, 1.54) is 11.3 Å². The zero-order valence-electron chi connectivity index (χ0n) is 14.1. The highest BCUT2D eigenvalue weighted by atomic mass is 32.2. The van der Waals surface area contributed by atoms with E-state index in [4.69, 9.17) is 9.47 Å². The first-order valence-electron chi connectivity index (χ1n) is 8.41. The Balaban J connectivity index is 1.34. The minimum Gasteiger partial charge on any atom is -0.507 e. The van der Waals surface area contributed by atoms with Crippen LogP contribution in [0.3, 0.4) is 0 Å². The lowest BCUT2D eigenvalue weighted by Crippen LogP contribution is -2.44. The van der Waals surface area contributed by atoms with Gasteiger partial charge >= 0.3 is 0 Å². The SMILES string of the molecule is O=S(=O)(NC1CCN(Cc2cc3c(cc2O)OCO3)CC1)c1cccs1. The molecule has 1 fully saturated rings. The minimum absolute atomic E-state index is 0.0660. The molecule has 2 N–H and O–H groups in total. The normalized spacial score (nSPS) is 18.3. The van der Waals surface area contributed by atoms with Crippen LogP contribution >= 0.6 is 11.3 Å². The summed E-state index contributed by atoms with van der Waals surface area (Å²) in [5.74, 6) is 1.40. The maximum absolute atomic E-state index is 12.3. The molecular formula is C17H20N2O5S2. The van der Waals surface area contributed by atoms with Gasteiger partial charge in [0.15, 0.2) is 11.5 Å². The van der Waals surface area contributed by atoms with E-state index < -0.39 is 10.0 Å². The summed E-state index contributed by atoms with van der Waals surface area (Å²) >= 11 is 1.22. The predicted molar refractivity (Wildman–Crippen MR) is 97.2 cm³/mol. The summed E-state index contributed by atoms with van der Waals surface area (Å²) < 4.78 is 38.4. The molecule has 0 aliphatic carbocycles. The monoisotopic (exact) mass is 396 g/mol. The third kappa shape index (κ3) is 3.66. The van der Waals surface area contributed by atoms with E-state index in [-0.39, 0.29) is 18.6 Å². The summed E-state index contributed by atoms with van der Waals surface area (Å²) in [7, 11) is -3.43. The van der Waals surface area contributed by atoms with Gasteiger partial charge in [-0.25, -0.2) is 13.1 Å². The van der Waals surface area contributed by atoms with Crippen molar-refractivity contribution >= 4 is 21.4 Å². The number of hydrogen-bond acceptors (Lipinski definition) is 7. The number of likely N-dealkylation sites (tertiary alicyclic amines) is 1. The second-order valence-corrected chi connectivity index (χ2v) is 9.33. The van der Waals surface area contributed by atoms with Crippen LogP contribution in [0.1, 0.15) is 18.4 Å². The van der Waals surface area contributed by atoms with Gasteiger partial charge in [0.05, 0.1) is 0 Å². The van der Waals surface area contributed by atoms with Crippen molar-refractivity contribution in [2.24, 2.45) is 0 Å². The summed E-state index contributed by atoms with van der Waals surface area (Å²) in [5.41, 5.74) is 0.784. The maximum Gasteiger partial charge on any atom is 0.250 e. The molecule has 0 radical (unpaired) electrons. The van der Waals surface area contributed by atoms with Gasteiger partial charge in [0.2, 0.25) is 16.8 Å². The number of phenolic OH excluding ortho intramolecular Hbond substituents is 1. The molecule has 3 heterocycles. The Hall–Kier alpha value is -1.81. The van der Waals surface area contributed by atoms with Gasteiger partial charge < -0.3 is 14.6 Å². The van der Waals surface area contributed by atoms with Crippen molar-refractivity contribution in [3.8, 4) is 17.2 Å². The van der Waals surface area contributed by atoms with Gasteiger partial charge in [0, 0.05) is 37.3 Å². The largest absolute Gasteiger partial charge is 0.507 e. The van der Waals surface area contributed by atoms with Crippen LogP contribution in [0.5, 0.6) is 17.2 Å². The van der Waals surface area contributed by atoms with Gasteiger partial charge in [0.25, 0.3) is 0 Å². The first-order chi connectivity index (χ1) is 12.5. The average molecular weight is 396 g/mol. The fourth-order valence-corrected chi connectivity index (χ4v) is 5.56. The van der Waals surface area contributed by atoms with Crippen molar-refractivity contribution < 1.29 is 23.0 Å². The molecule has 7 nitrogen and oxygen atoms in total. The number of rotatable bonds is 5. The Bertz CT molecular complexity index is 875. The number of ether oxygens (including phenoxy) is 2. The molecule has 1 aromatic heterocycles. The van der Waals surface area contributed by atoms with Crippen molar-refractivity contribution in [3.05, 3.63) is 35.2 Å². The summed E-state index contributed by atoms with van der Waals surface area (Å²) in [6.45, 7) is 2.28. The lowest BCUT2D eigenvalue weighted by atomic mass is 10.0. The molecule has 2 aliphatic rings. The predicted octanol–water partition coefficient (Wildman–Crippen LogP) is 2.13. The molecule has 9 heteroatoms. The average Bonchev–Trinajstić information content (AvgIpc) is 3.28. The van der Waals surface area contributed by atoms with Crippen LogP contribution in [0, 0.1) is 0 Å². The smallest absolute Gasteiger partial charge is 0.250 e. The van der Waals surface area contributed by atoms with Gasteiger partial charge in [-0.3, -0.25) is 4.90 Å². The van der Waals surface area contributed by atoms with E-state index in [0.717, 1.165) is 31.5 Å². The Kier molecular flexibility index (Phi) is 4.78. The second kappa shape index (κ2) is 7.07. The highest BCUT2D eigenvalue weighted by Gasteiger charge is 2.26. The fraction of sp³-hybridized carbons (Fsp3) is 0.412. The zero-order valence-corrected chi connectivity index (χ0v) is 15.7. The molecule has 2 aromatic rings. The lowest BCUT2D eigenvalue weighted by molar-refractivity contribution is 0.173. The topological polar surface area (TPSA) is 88.1 Å². The molecule has 4 rings (SSSR count). The molecule has 0 bridgehead atoms. The number of nitrogens with one attached hydrogen (secondary N) is 1. The molecule has 1 saturated heterocycles. The molecule has 0 atom stereocenters. The van der Waals surface area contributed by atoms with Gasteiger partial charge in [-0.2, -0.15) is 0 Å². The van der Waals surface area contributed by atoms with Crippen LogP contribution in [0.2, 0.25) is 0 Å². The van der Waals surface area contributed by atoms with Gasteiger partial charge in [-0.1, -0.05) is 6.07 Å². The number of nitrogens with zero attached hydrogens (tertiary/aromatic N) is 1. The molecule has 1 aromatic carbocycles. The maximum atomic E-state index is 12.3. The molecule has 0 amide bonds. The van der Waals surface area contributed by atoms with Gasteiger partial charge in [-0.05, 0) is 30.4 Å². The number of sulfonamides is 1. The van der Waals surface area contributed by atoms with Crippen LogP contribution in [-0.2, 0) is 16.6 Å². The van der Waals surface area contributed by atoms with Gasteiger partial charge in [-0.15, -0.1) is 11.3 Å². The van der Waals surface area contributed by atoms with Crippen molar-refractivity contribution in [2.45, 2.75) is 29.6 Å². The molecule has 0 spiro atoms. The quantitative estimate of drug-likeness (QED) is 0.805. The van der Waals surface area contributed by atoms with Crippen molar-refractivity contribution in [2.75, 3.05) is 19.9 Å². The molecule has 2 aliphatic heterocycles. The number of benzene rings is 1. The highest BCUT2D eigenvalue weighted by molar-refractivity contribution is 7.91. The zero-order chi connectivity index (χ0) is 18.1. The van der Waals surface area contributed by atoms with E-state index in [0.29, 0.717) is 22.3 Å². The number of hydrogen-bond donors (Lipinski definition) is 2. The number of thiophene rings is 1. The number of phenols is 1. The third-order valence-electron chi connectivity index (χ3n) is 4.64. The van der Waals surface area contributed by atoms with Crippen LogP contribution in [0.15, 0.2) is 33.9 Å². The summed E-state index contributed by atoms with van der Waals surface area (Å²) in [4.78, 5) is 2.20. The fourth-order valence-electron chi connectivity index (χ4n) is 3.24. The number of fused-ring (bicyclic) bond motifs is 1. The molecular weight excluding hydrogens is 376 g/mol. The van der Waals surface area contributed by atoms with Crippen molar-refractivity contribution in [1.29, 1.82) is 0 Å². The van der Waals surface area contributed by atoms with Crippen molar-refractivity contribution in [3.63, 3.8) is 0 Å². The van der Waals surface area contributed by atoms with Gasteiger partial charge in [0.1, 0.15) is 9.96 Å². The Morgan fingerprint density at radius 3 is 2.65 bits per heavy atom. The second-order valence-electron chi connectivity index (χ2n) is 6.44. The van der Waals surface area contributed by atoms with Crippen molar-refractivity contribution in [1.82, 2.24) is 9.62 Å². The molecule has 0 saturated carbocycles. The number of piperidine rings is 1. The minimum atomic E-state index is -3.43. The van der Waals surface area contributed by atoms with Crippen LogP contribution in [0.4, 0.5) is 0 Å². The molecule has 0 unspecified atom stereocenters. The summed E-state index contributed by atoms with van der Waals surface area (Å²) in [5, 5.41) is 11.9. The Morgan fingerprint density at radius 1 is 1.23 bits per heavy atom. The van der Waals surface area contributed by atoms with E-state index in [9.17, 15) is 13.5 Å². The highest BCUT2D eigenvalue weighted by Crippen LogP contribution is 2.38. The van der Waals surface area contributed by atoms with Crippen LogP contribution in [0.25, 0.3) is 0 Å². The third-order valence-corrected chi connectivity index (χ3v) is 7.56. The van der Waals surface area contributed by atoms with E-state index in [1.807, 2.05) is 6.07 Å². The number of aromatic hydroxyl groups is 1. The first kappa shape index (κ1) is 17.6. The lowest BCUT2D eigenvalue weighted by Gasteiger charge is -2.32. The summed E-state index contributed by atoms with van der Waals surface area (Å²) in [6.07, 6.45) is 1.46. The van der Waals surface area contributed by atoms with E-state index >= 15 is 0 Å². The van der Waals surface area contributed by atoms with Crippen LogP contribution in [-0.4, -0.2) is 44.3 Å². The first-order valence-corrected chi connectivity index (χ1v) is 10.8. The van der Waals surface area contributed by atoms with E-state index in [1.54, 1.807) is 23.6 Å². The molecule has 140 valence electrons.